The second-order valence-corrected chi connectivity index (χ2v) is 10.6. The third kappa shape index (κ3) is 5.04. The maximum atomic E-state index is 9.71. The molecule has 210 valence electrons. The molecule has 0 aliphatic carbocycles. The minimum absolute atomic E-state index is 0.0196. The topological polar surface area (TPSA) is 126 Å². The van der Waals surface area contributed by atoms with Crippen molar-refractivity contribution in [2.75, 3.05) is 51.4 Å². The highest BCUT2D eigenvalue weighted by Crippen LogP contribution is 2.36. The number of nitrogens with one attached hydrogen (secondary N) is 1. The summed E-state index contributed by atoms with van der Waals surface area (Å²) >= 11 is 0. The molecule has 1 N–H and O–H groups in total. The fourth-order valence-corrected chi connectivity index (χ4v) is 5.96. The summed E-state index contributed by atoms with van der Waals surface area (Å²) in [5, 5.41) is 17.4. The molecule has 0 aromatic carbocycles. The largest absolute Gasteiger partial charge is 0.489 e. The molecule has 41 heavy (non-hydrogen) atoms. The lowest BCUT2D eigenvalue weighted by molar-refractivity contribution is -0.00879. The van der Waals surface area contributed by atoms with Crippen LogP contribution in [0.15, 0.2) is 49.2 Å². The number of hydrogen-bond acceptors (Lipinski definition) is 11. The molecule has 4 saturated heterocycles. The lowest BCUT2D eigenvalue weighted by Gasteiger charge is -2.56. The van der Waals surface area contributed by atoms with Crippen LogP contribution in [-0.4, -0.2) is 94.2 Å². The predicted molar refractivity (Wildman–Crippen MR) is 150 cm³/mol. The third-order valence-electron chi connectivity index (χ3n) is 8.10. The van der Waals surface area contributed by atoms with Crippen molar-refractivity contribution in [3.8, 4) is 29.0 Å². The number of fused-ring (bicyclic) bond motifs is 3. The van der Waals surface area contributed by atoms with E-state index in [4.69, 9.17) is 24.2 Å². The van der Waals surface area contributed by atoms with E-state index in [0.717, 1.165) is 44.1 Å². The Bertz CT molecular complexity index is 1550. The number of rotatable bonds is 8. The van der Waals surface area contributed by atoms with Gasteiger partial charge in [-0.25, -0.2) is 14.5 Å². The molecule has 8 heterocycles. The van der Waals surface area contributed by atoms with Gasteiger partial charge in [-0.2, -0.15) is 10.4 Å². The number of ether oxygens (including phenoxy) is 3. The molecule has 8 rings (SSSR count). The van der Waals surface area contributed by atoms with Crippen molar-refractivity contribution in [1.29, 1.82) is 5.26 Å². The van der Waals surface area contributed by atoms with E-state index in [0.29, 0.717) is 53.7 Å². The van der Waals surface area contributed by atoms with Gasteiger partial charge in [0.25, 0.3) is 0 Å². The molecule has 0 radical (unpaired) electrons. The van der Waals surface area contributed by atoms with Gasteiger partial charge in [-0.15, -0.1) is 0 Å². The van der Waals surface area contributed by atoms with Gasteiger partial charge < -0.3 is 24.4 Å². The van der Waals surface area contributed by atoms with E-state index in [-0.39, 0.29) is 6.10 Å². The van der Waals surface area contributed by atoms with Gasteiger partial charge in [0.05, 0.1) is 55.3 Å². The smallest absolute Gasteiger partial charge is 0.212 e. The number of methoxy groups -OCH3 is 1. The molecular weight excluding hydrogens is 522 g/mol. The Morgan fingerprint density at radius 3 is 2.73 bits per heavy atom. The third-order valence-corrected chi connectivity index (χ3v) is 8.10. The number of nitrogens with zero attached hydrogens (tertiary/aromatic N) is 8. The average Bonchev–Trinajstić information content (AvgIpc) is 3.46. The van der Waals surface area contributed by atoms with Crippen molar-refractivity contribution in [3.05, 3.63) is 60.3 Å². The first-order valence-corrected chi connectivity index (χ1v) is 13.9. The van der Waals surface area contributed by atoms with Crippen molar-refractivity contribution in [2.45, 2.75) is 31.2 Å². The van der Waals surface area contributed by atoms with E-state index < -0.39 is 0 Å². The molecule has 0 spiro atoms. The molecule has 4 aromatic rings. The molecule has 4 aromatic heterocycles. The monoisotopic (exact) mass is 553 g/mol. The summed E-state index contributed by atoms with van der Waals surface area (Å²) in [5.74, 6) is 2.12. The van der Waals surface area contributed by atoms with Gasteiger partial charge in [-0.05, 0) is 18.1 Å². The number of anilines is 1. The first-order chi connectivity index (χ1) is 20.2. The number of piperidine rings is 1. The van der Waals surface area contributed by atoms with Crippen molar-refractivity contribution >= 4 is 11.3 Å². The molecule has 4 aliphatic heterocycles. The number of piperazine rings is 1. The fourth-order valence-electron chi connectivity index (χ4n) is 5.96. The van der Waals surface area contributed by atoms with Crippen LogP contribution in [-0.2, 0) is 11.3 Å². The minimum atomic E-state index is -0.0196. The zero-order valence-corrected chi connectivity index (χ0v) is 22.8. The van der Waals surface area contributed by atoms with Gasteiger partial charge >= 0.3 is 0 Å². The highest BCUT2D eigenvalue weighted by Gasteiger charge is 2.44. The molecule has 3 atom stereocenters. The zero-order chi connectivity index (χ0) is 27.8. The maximum absolute atomic E-state index is 9.71. The van der Waals surface area contributed by atoms with Crippen LogP contribution >= 0.6 is 0 Å². The summed E-state index contributed by atoms with van der Waals surface area (Å²) in [6, 6.07) is 9.08. The van der Waals surface area contributed by atoms with E-state index in [2.05, 4.69) is 37.3 Å². The molecule has 0 saturated carbocycles. The molecule has 3 unspecified atom stereocenters. The van der Waals surface area contributed by atoms with Gasteiger partial charge in [0.15, 0.2) is 0 Å². The lowest BCUT2D eigenvalue weighted by Crippen LogP contribution is -2.68. The second-order valence-electron chi connectivity index (χ2n) is 10.6. The molecule has 2 bridgehead atoms. The summed E-state index contributed by atoms with van der Waals surface area (Å²) in [4.78, 5) is 18.8. The lowest BCUT2D eigenvalue weighted by atomic mass is 9.87. The molecule has 12 nitrogen and oxygen atoms in total. The molecule has 4 aliphatic rings. The predicted octanol–water partition coefficient (Wildman–Crippen LogP) is 1.90. The van der Waals surface area contributed by atoms with Crippen LogP contribution < -0.4 is 19.7 Å². The number of pyridine rings is 2. The highest BCUT2D eigenvalue weighted by atomic mass is 16.5. The Morgan fingerprint density at radius 1 is 1.12 bits per heavy atom. The normalized spacial score (nSPS) is 22.2. The Morgan fingerprint density at radius 2 is 2.02 bits per heavy atom. The highest BCUT2D eigenvalue weighted by molar-refractivity contribution is 5.83. The minimum Gasteiger partial charge on any atom is -0.489 e. The van der Waals surface area contributed by atoms with E-state index in [9.17, 15) is 5.26 Å². The van der Waals surface area contributed by atoms with Crippen LogP contribution in [0, 0.1) is 11.3 Å². The first kappa shape index (κ1) is 25.6. The van der Waals surface area contributed by atoms with Gasteiger partial charge in [-0.3, -0.25) is 9.88 Å². The van der Waals surface area contributed by atoms with Crippen molar-refractivity contribution in [2.24, 2.45) is 0 Å². The Balaban J connectivity index is 1.07. The van der Waals surface area contributed by atoms with E-state index in [1.807, 2.05) is 24.5 Å². The van der Waals surface area contributed by atoms with Crippen LogP contribution in [0.4, 0.5) is 5.82 Å². The van der Waals surface area contributed by atoms with Gasteiger partial charge in [-0.1, -0.05) is 6.07 Å². The Labute approximate surface area is 237 Å². The number of aromatic nitrogens is 5. The summed E-state index contributed by atoms with van der Waals surface area (Å²) < 4.78 is 18.7. The summed E-state index contributed by atoms with van der Waals surface area (Å²) in [5.41, 5.74) is 3.75. The number of nitriles is 1. The van der Waals surface area contributed by atoms with Crippen molar-refractivity contribution < 1.29 is 14.2 Å². The summed E-state index contributed by atoms with van der Waals surface area (Å²) in [7, 11) is 1.63. The van der Waals surface area contributed by atoms with Crippen LogP contribution in [0.25, 0.3) is 16.8 Å². The quantitative estimate of drug-likeness (QED) is 0.344. The van der Waals surface area contributed by atoms with Crippen LogP contribution in [0.1, 0.15) is 17.5 Å². The van der Waals surface area contributed by atoms with Gasteiger partial charge in [0.2, 0.25) is 5.88 Å². The average molecular weight is 554 g/mol. The van der Waals surface area contributed by atoms with Crippen LogP contribution in [0.2, 0.25) is 0 Å². The number of morpholine rings is 1. The SMILES string of the molecule is COc1ccc(CN2C3CC2CN(c2cnc(-c4cc(OCC5CNCCO5)cn5ncc(C#N)c45)cn2)C3)cn1. The maximum Gasteiger partial charge on any atom is 0.212 e. The molecule has 4 fully saturated rings. The van der Waals surface area contributed by atoms with Crippen LogP contribution in [0.5, 0.6) is 11.6 Å². The molecule has 12 heteroatoms. The van der Waals surface area contributed by atoms with Crippen LogP contribution in [0.3, 0.4) is 0 Å². The standard InChI is InChI=1S/C29H31N9O3/c1-39-28-3-2-19(9-34-28)14-37-21-6-22(37)16-36(15-21)27-13-32-26(12-33-27)25-7-23(41-18-24-11-31-4-5-40-24)17-38-29(25)20(8-30)10-35-38/h2-3,7,9-10,12-13,17,21-22,24,31H,4-6,11,14-16,18H2,1H3. The second kappa shape index (κ2) is 10.9. The van der Waals surface area contributed by atoms with Gasteiger partial charge in [0, 0.05) is 62.6 Å². The Hall–Kier alpha value is -4.31. The van der Waals surface area contributed by atoms with E-state index in [1.165, 1.54) is 12.0 Å². The Kier molecular flexibility index (Phi) is 6.84. The molecular formula is C29H31N9O3. The van der Waals surface area contributed by atoms with Gasteiger partial charge in [0.1, 0.15) is 30.3 Å². The van der Waals surface area contributed by atoms with Crippen molar-refractivity contribution in [3.63, 3.8) is 0 Å². The van der Waals surface area contributed by atoms with Crippen molar-refractivity contribution in [1.82, 2.24) is 34.8 Å². The summed E-state index contributed by atoms with van der Waals surface area (Å²) in [6.45, 7) is 5.37. The fraction of sp³-hybridized carbons (Fsp3) is 0.414. The summed E-state index contributed by atoms with van der Waals surface area (Å²) in [6.07, 6.45) is 10.0. The van der Waals surface area contributed by atoms with E-state index in [1.54, 1.807) is 30.2 Å². The van der Waals surface area contributed by atoms with E-state index >= 15 is 0 Å². The number of hydrogen-bond donors (Lipinski definition) is 1. The molecule has 0 amide bonds. The first-order valence-electron chi connectivity index (χ1n) is 13.9. The zero-order valence-electron chi connectivity index (χ0n) is 22.8.